The third kappa shape index (κ3) is 3.98. The highest BCUT2D eigenvalue weighted by atomic mass is 32.2. The van der Waals surface area contributed by atoms with Crippen molar-refractivity contribution in [3.63, 3.8) is 0 Å². The van der Waals surface area contributed by atoms with Gasteiger partial charge in [0.1, 0.15) is 5.82 Å². The first-order chi connectivity index (χ1) is 11.6. The van der Waals surface area contributed by atoms with E-state index in [1.165, 1.54) is 30.2 Å². The number of carbonyl (C=O) groups is 1. The number of carbonyl (C=O) groups excluding carboxylic acids is 1. The highest BCUT2D eigenvalue weighted by Gasteiger charge is 2.30. The lowest BCUT2D eigenvalue weighted by molar-refractivity contribution is -0.113. The summed E-state index contributed by atoms with van der Waals surface area (Å²) in [5, 5.41) is 12.4. The molecular weight excluding hydrogens is 320 g/mol. The van der Waals surface area contributed by atoms with Crippen LogP contribution in [0.15, 0.2) is 29.4 Å². The first-order valence-electron chi connectivity index (χ1n) is 8.55. The second-order valence-electron chi connectivity index (χ2n) is 6.49. The molecule has 128 valence electrons. The molecule has 0 unspecified atom stereocenters. The topological polar surface area (TPSA) is 59.8 Å². The molecule has 0 spiro atoms. The summed E-state index contributed by atoms with van der Waals surface area (Å²) in [7, 11) is 0. The zero-order valence-electron chi connectivity index (χ0n) is 14.5. The Labute approximate surface area is 147 Å². The standard InChI is InChI=1S/C18H24N4OS/c1-4-13-6-5-7-14(10-13)19-16(23)11-24-18-21-20-17(12(2)3)22(18)15-8-9-15/h5-7,10,12,15H,4,8-9,11H2,1-3H3,(H,19,23). The summed E-state index contributed by atoms with van der Waals surface area (Å²) in [5.41, 5.74) is 2.07. The van der Waals surface area contributed by atoms with E-state index in [0.29, 0.717) is 17.7 Å². The van der Waals surface area contributed by atoms with Gasteiger partial charge in [-0.15, -0.1) is 10.2 Å². The summed E-state index contributed by atoms with van der Waals surface area (Å²) >= 11 is 1.47. The first-order valence-corrected chi connectivity index (χ1v) is 9.53. The lowest BCUT2D eigenvalue weighted by Crippen LogP contribution is -2.15. The molecule has 24 heavy (non-hydrogen) atoms. The van der Waals surface area contributed by atoms with Crippen LogP contribution in [-0.2, 0) is 11.2 Å². The molecule has 0 bridgehead atoms. The second-order valence-corrected chi connectivity index (χ2v) is 7.43. The molecule has 1 aromatic heterocycles. The molecule has 1 aromatic carbocycles. The number of benzene rings is 1. The van der Waals surface area contributed by atoms with E-state index in [1.54, 1.807) is 0 Å². The number of aryl methyl sites for hydroxylation is 1. The van der Waals surface area contributed by atoms with Gasteiger partial charge in [0.25, 0.3) is 0 Å². The Balaban J connectivity index is 1.62. The Morgan fingerprint density at radius 1 is 1.38 bits per heavy atom. The van der Waals surface area contributed by atoms with Gasteiger partial charge in [0.15, 0.2) is 5.16 Å². The number of thioether (sulfide) groups is 1. The fraction of sp³-hybridized carbons (Fsp3) is 0.500. The van der Waals surface area contributed by atoms with Crippen molar-refractivity contribution in [2.24, 2.45) is 0 Å². The molecule has 0 aliphatic heterocycles. The van der Waals surface area contributed by atoms with Crippen molar-refractivity contribution < 1.29 is 4.79 Å². The summed E-state index contributed by atoms with van der Waals surface area (Å²) in [6.07, 6.45) is 3.32. The first kappa shape index (κ1) is 17.0. The maximum Gasteiger partial charge on any atom is 0.234 e. The van der Waals surface area contributed by atoms with E-state index < -0.39 is 0 Å². The predicted octanol–water partition coefficient (Wildman–Crippen LogP) is 4.03. The van der Waals surface area contributed by atoms with Crippen LogP contribution in [0.2, 0.25) is 0 Å². The molecule has 1 aliphatic rings. The number of nitrogens with one attached hydrogen (secondary N) is 1. The minimum Gasteiger partial charge on any atom is -0.325 e. The Hall–Kier alpha value is -1.82. The van der Waals surface area contributed by atoms with E-state index in [9.17, 15) is 4.79 Å². The summed E-state index contributed by atoms with van der Waals surface area (Å²) in [5.74, 6) is 1.71. The summed E-state index contributed by atoms with van der Waals surface area (Å²) in [4.78, 5) is 12.2. The zero-order chi connectivity index (χ0) is 17.1. The van der Waals surface area contributed by atoms with E-state index in [-0.39, 0.29) is 5.91 Å². The number of rotatable bonds is 7. The third-order valence-electron chi connectivity index (χ3n) is 4.07. The number of hydrogen-bond donors (Lipinski definition) is 1. The molecule has 2 aromatic rings. The average Bonchev–Trinajstić information content (AvgIpc) is 3.32. The Morgan fingerprint density at radius 3 is 2.83 bits per heavy atom. The quantitative estimate of drug-likeness (QED) is 0.770. The van der Waals surface area contributed by atoms with Crippen LogP contribution in [0.5, 0.6) is 0 Å². The summed E-state index contributed by atoms with van der Waals surface area (Å²) in [6.45, 7) is 6.36. The van der Waals surface area contributed by atoms with Gasteiger partial charge in [0.05, 0.1) is 5.75 Å². The largest absolute Gasteiger partial charge is 0.325 e. The molecule has 0 radical (unpaired) electrons. The van der Waals surface area contributed by atoms with Gasteiger partial charge in [0, 0.05) is 17.6 Å². The summed E-state index contributed by atoms with van der Waals surface area (Å²) < 4.78 is 2.22. The van der Waals surface area contributed by atoms with Crippen LogP contribution in [0.25, 0.3) is 0 Å². The van der Waals surface area contributed by atoms with Gasteiger partial charge in [-0.05, 0) is 37.0 Å². The fourth-order valence-electron chi connectivity index (χ4n) is 2.65. The Bertz CT molecular complexity index is 722. The van der Waals surface area contributed by atoms with Gasteiger partial charge in [-0.25, -0.2) is 0 Å². The maximum absolute atomic E-state index is 12.2. The smallest absolute Gasteiger partial charge is 0.234 e. The van der Waals surface area contributed by atoms with Gasteiger partial charge in [0.2, 0.25) is 5.91 Å². The van der Waals surface area contributed by atoms with E-state index in [1.807, 2.05) is 18.2 Å². The number of aromatic nitrogens is 3. The lowest BCUT2D eigenvalue weighted by Gasteiger charge is -2.11. The van der Waals surface area contributed by atoms with Gasteiger partial charge in [-0.3, -0.25) is 4.79 Å². The molecule has 6 heteroatoms. The lowest BCUT2D eigenvalue weighted by atomic mass is 10.1. The van der Waals surface area contributed by atoms with Gasteiger partial charge in [-0.1, -0.05) is 44.7 Å². The molecule has 0 saturated heterocycles. The van der Waals surface area contributed by atoms with E-state index in [0.717, 1.165) is 23.1 Å². The van der Waals surface area contributed by atoms with Crippen LogP contribution in [0.4, 0.5) is 5.69 Å². The molecule has 1 aliphatic carbocycles. The normalized spacial score (nSPS) is 14.2. The Kier molecular flexibility index (Phi) is 5.23. The van der Waals surface area contributed by atoms with Crippen molar-refractivity contribution in [2.45, 2.75) is 57.1 Å². The van der Waals surface area contributed by atoms with Gasteiger partial charge < -0.3 is 9.88 Å². The van der Waals surface area contributed by atoms with Gasteiger partial charge in [-0.2, -0.15) is 0 Å². The molecule has 3 rings (SSSR count). The minimum absolute atomic E-state index is 0.00954. The van der Waals surface area contributed by atoms with Crippen molar-refractivity contribution in [3.05, 3.63) is 35.7 Å². The molecule has 0 atom stereocenters. The van der Waals surface area contributed by atoms with Crippen molar-refractivity contribution in [1.29, 1.82) is 0 Å². The van der Waals surface area contributed by atoms with Crippen LogP contribution < -0.4 is 5.32 Å². The van der Waals surface area contributed by atoms with E-state index in [2.05, 4.69) is 46.9 Å². The predicted molar refractivity (Wildman–Crippen MR) is 97.6 cm³/mol. The van der Waals surface area contributed by atoms with Crippen LogP contribution in [-0.4, -0.2) is 26.4 Å². The van der Waals surface area contributed by atoms with Crippen molar-refractivity contribution in [1.82, 2.24) is 14.8 Å². The fourth-order valence-corrected chi connectivity index (χ4v) is 3.47. The number of anilines is 1. The van der Waals surface area contributed by atoms with Crippen LogP contribution in [0.1, 0.15) is 57.0 Å². The average molecular weight is 344 g/mol. The van der Waals surface area contributed by atoms with Crippen LogP contribution in [0.3, 0.4) is 0 Å². The van der Waals surface area contributed by atoms with E-state index >= 15 is 0 Å². The monoisotopic (exact) mass is 344 g/mol. The molecule has 1 saturated carbocycles. The van der Waals surface area contributed by atoms with Crippen molar-refractivity contribution in [3.8, 4) is 0 Å². The Morgan fingerprint density at radius 2 is 2.17 bits per heavy atom. The van der Waals surface area contributed by atoms with Crippen molar-refractivity contribution in [2.75, 3.05) is 11.1 Å². The summed E-state index contributed by atoms with van der Waals surface area (Å²) in [6, 6.07) is 8.50. The molecular formula is C18H24N4OS. The SMILES string of the molecule is CCc1cccc(NC(=O)CSc2nnc(C(C)C)n2C2CC2)c1. The van der Waals surface area contributed by atoms with E-state index in [4.69, 9.17) is 0 Å². The molecule has 1 N–H and O–H groups in total. The van der Waals surface area contributed by atoms with Crippen LogP contribution >= 0.6 is 11.8 Å². The molecule has 1 fully saturated rings. The molecule has 1 heterocycles. The number of amides is 1. The molecule has 1 amide bonds. The molecule has 5 nitrogen and oxygen atoms in total. The highest BCUT2D eigenvalue weighted by molar-refractivity contribution is 7.99. The zero-order valence-corrected chi connectivity index (χ0v) is 15.3. The maximum atomic E-state index is 12.2. The van der Waals surface area contributed by atoms with Crippen molar-refractivity contribution >= 4 is 23.4 Å². The second kappa shape index (κ2) is 7.38. The third-order valence-corrected chi connectivity index (χ3v) is 5.01. The van der Waals surface area contributed by atoms with Gasteiger partial charge >= 0.3 is 0 Å². The number of nitrogens with zero attached hydrogens (tertiary/aromatic N) is 3. The van der Waals surface area contributed by atoms with Crippen LogP contribution in [0, 0.1) is 0 Å². The minimum atomic E-state index is -0.00954. The highest BCUT2D eigenvalue weighted by Crippen LogP contribution is 2.40. The number of hydrogen-bond acceptors (Lipinski definition) is 4.